The molecule has 0 aliphatic rings. The maximum Gasteiger partial charge on any atom is 0.348 e. The summed E-state index contributed by atoms with van der Waals surface area (Å²) in [6.07, 6.45) is 2.68. The van der Waals surface area contributed by atoms with Crippen molar-refractivity contribution in [3.05, 3.63) is 55.9 Å². The lowest BCUT2D eigenvalue weighted by Gasteiger charge is -2.04. The van der Waals surface area contributed by atoms with Gasteiger partial charge in [0.05, 0.1) is 19.8 Å². The molecule has 0 bridgehead atoms. The summed E-state index contributed by atoms with van der Waals surface area (Å²) in [4.78, 5) is 36.4. The first-order valence-corrected chi connectivity index (χ1v) is 9.10. The van der Waals surface area contributed by atoms with Crippen molar-refractivity contribution in [2.24, 2.45) is 0 Å². The molecule has 0 saturated carbocycles. The van der Waals surface area contributed by atoms with Gasteiger partial charge in [0, 0.05) is 21.7 Å². The number of benzene rings is 1. The van der Waals surface area contributed by atoms with Crippen LogP contribution in [0.2, 0.25) is 10.0 Å². The van der Waals surface area contributed by atoms with Crippen LogP contribution in [0.4, 0.5) is 5.00 Å². The van der Waals surface area contributed by atoms with Gasteiger partial charge in [-0.1, -0.05) is 29.3 Å². The first-order chi connectivity index (χ1) is 12.8. The van der Waals surface area contributed by atoms with E-state index in [1.54, 1.807) is 25.1 Å². The number of ether oxygens (including phenoxy) is 2. The maximum absolute atomic E-state index is 12.3. The number of hydrogen-bond acceptors (Lipinski definition) is 6. The molecule has 0 unspecified atom stereocenters. The summed E-state index contributed by atoms with van der Waals surface area (Å²) < 4.78 is 9.44. The molecule has 0 atom stereocenters. The molecule has 6 nitrogen and oxygen atoms in total. The fourth-order valence-electron chi connectivity index (χ4n) is 2.22. The van der Waals surface area contributed by atoms with Crippen molar-refractivity contribution >= 4 is 63.5 Å². The molecular formula is C18H15Cl2NO5S. The summed E-state index contributed by atoms with van der Waals surface area (Å²) in [5.41, 5.74) is 0.953. The minimum atomic E-state index is -0.674. The van der Waals surface area contributed by atoms with Gasteiger partial charge in [-0.15, -0.1) is 11.3 Å². The van der Waals surface area contributed by atoms with Gasteiger partial charge in [-0.25, -0.2) is 9.59 Å². The maximum atomic E-state index is 12.3. The van der Waals surface area contributed by atoms with Crippen molar-refractivity contribution in [3.8, 4) is 0 Å². The smallest absolute Gasteiger partial charge is 0.348 e. The van der Waals surface area contributed by atoms with Gasteiger partial charge in [0.1, 0.15) is 9.88 Å². The number of rotatable bonds is 5. The van der Waals surface area contributed by atoms with E-state index in [0.29, 0.717) is 21.2 Å². The van der Waals surface area contributed by atoms with Gasteiger partial charge < -0.3 is 14.8 Å². The zero-order valence-electron chi connectivity index (χ0n) is 14.6. The quantitative estimate of drug-likeness (QED) is 0.557. The molecular weight excluding hydrogens is 413 g/mol. The van der Waals surface area contributed by atoms with E-state index < -0.39 is 17.8 Å². The van der Waals surface area contributed by atoms with Crippen LogP contribution in [-0.2, 0) is 14.3 Å². The zero-order chi connectivity index (χ0) is 20.1. The van der Waals surface area contributed by atoms with Crippen molar-refractivity contribution in [1.29, 1.82) is 0 Å². The summed E-state index contributed by atoms with van der Waals surface area (Å²) in [7, 11) is 2.44. The van der Waals surface area contributed by atoms with E-state index >= 15 is 0 Å². The molecule has 0 aliphatic heterocycles. The fraction of sp³-hybridized carbons (Fsp3) is 0.167. The standard InChI is InChI=1S/C18H15Cl2NO5S/c1-9-14(17(23)25-2)16(27-15(9)18(24)26-3)21-13(22)8-7-10-11(19)5-4-6-12(10)20/h4-8H,1-3H3,(H,21,22)/b8-7+. The second-order valence-electron chi connectivity index (χ2n) is 5.20. The Bertz CT molecular complexity index is 916. The van der Waals surface area contributed by atoms with E-state index in [9.17, 15) is 14.4 Å². The average molecular weight is 428 g/mol. The number of amides is 1. The molecule has 0 aliphatic carbocycles. The monoisotopic (exact) mass is 427 g/mol. The summed E-state index contributed by atoms with van der Waals surface area (Å²) in [5, 5.41) is 3.53. The van der Waals surface area contributed by atoms with E-state index in [1.807, 2.05) is 0 Å². The number of thiophene rings is 1. The Balaban J connectivity index is 2.33. The first kappa shape index (κ1) is 21.0. The van der Waals surface area contributed by atoms with Gasteiger partial charge >= 0.3 is 11.9 Å². The summed E-state index contributed by atoms with van der Waals surface area (Å²) in [6.45, 7) is 1.57. The van der Waals surface area contributed by atoms with Crippen LogP contribution >= 0.6 is 34.5 Å². The highest BCUT2D eigenvalue weighted by molar-refractivity contribution is 7.18. The number of esters is 2. The fourth-order valence-corrected chi connectivity index (χ4v) is 3.86. The van der Waals surface area contributed by atoms with Crippen molar-refractivity contribution in [2.45, 2.75) is 6.92 Å². The zero-order valence-corrected chi connectivity index (χ0v) is 16.9. The van der Waals surface area contributed by atoms with Gasteiger partial charge in [-0.05, 0) is 30.7 Å². The Hall–Kier alpha value is -2.35. The first-order valence-electron chi connectivity index (χ1n) is 7.53. The van der Waals surface area contributed by atoms with Crippen LogP contribution in [0.5, 0.6) is 0 Å². The molecule has 1 aromatic carbocycles. The van der Waals surface area contributed by atoms with E-state index in [4.69, 9.17) is 32.7 Å². The van der Waals surface area contributed by atoms with Gasteiger partial charge in [0.2, 0.25) is 5.91 Å². The summed E-state index contributed by atoms with van der Waals surface area (Å²) in [6, 6.07) is 4.98. The van der Waals surface area contributed by atoms with Crippen LogP contribution in [0.3, 0.4) is 0 Å². The van der Waals surface area contributed by atoms with Crippen LogP contribution in [0, 0.1) is 6.92 Å². The van der Waals surface area contributed by atoms with E-state index in [-0.39, 0.29) is 15.4 Å². The number of carbonyl (C=O) groups is 3. The molecule has 0 radical (unpaired) electrons. The molecule has 1 amide bonds. The highest BCUT2D eigenvalue weighted by Gasteiger charge is 2.26. The molecule has 142 valence electrons. The molecule has 1 aromatic heterocycles. The molecule has 9 heteroatoms. The average Bonchev–Trinajstić information content (AvgIpc) is 2.96. The molecule has 2 aromatic rings. The minimum Gasteiger partial charge on any atom is -0.465 e. The van der Waals surface area contributed by atoms with Crippen LogP contribution in [0.1, 0.15) is 31.2 Å². The van der Waals surface area contributed by atoms with E-state index in [0.717, 1.165) is 11.3 Å². The minimum absolute atomic E-state index is 0.0976. The third-order valence-electron chi connectivity index (χ3n) is 3.54. The van der Waals surface area contributed by atoms with E-state index in [1.165, 1.54) is 26.4 Å². The largest absolute Gasteiger partial charge is 0.465 e. The van der Waals surface area contributed by atoms with Gasteiger partial charge in [0.25, 0.3) is 0 Å². The van der Waals surface area contributed by atoms with Gasteiger partial charge in [0.15, 0.2) is 0 Å². The van der Waals surface area contributed by atoms with Crippen LogP contribution < -0.4 is 5.32 Å². The van der Waals surface area contributed by atoms with Crippen molar-refractivity contribution in [3.63, 3.8) is 0 Å². The molecule has 27 heavy (non-hydrogen) atoms. The molecule has 1 heterocycles. The topological polar surface area (TPSA) is 81.7 Å². The molecule has 0 saturated heterocycles. The highest BCUT2D eigenvalue weighted by atomic mass is 35.5. The van der Waals surface area contributed by atoms with Gasteiger partial charge in [-0.2, -0.15) is 0 Å². The lowest BCUT2D eigenvalue weighted by Crippen LogP contribution is -2.11. The van der Waals surface area contributed by atoms with Crippen LogP contribution in [0.15, 0.2) is 24.3 Å². The van der Waals surface area contributed by atoms with Crippen molar-refractivity contribution in [2.75, 3.05) is 19.5 Å². The number of halogens is 2. The molecule has 2 rings (SSSR count). The Kier molecular flexibility index (Phi) is 7.01. The van der Waals surface area contributed by atoms with Gasteiger partial charge in [-0.3, -0.25) is 4.79 Å². The summed E-state index contributed by atoms with van der Waals surface area (Å²) in [5.74, 6) is -1.82. The number of methoxy groups -OCH3 is 2. The SMILES string of the molecule is COC(=O)c1sc(NC(=O)/C=C/c2c(Cl)cccc2Cl)c(C(=O)OC)c1C. The number of carbonyl (C=O) groups excluding carboxylic acids is 3. The van der Waals surface area contributed by atoms with E-state index in [2.05, 4.69) is 5.32 Å². The summed E-state index contributed by atoms with van der Waals surface area (Å²) >= 11 is 13.0. The molecule has 0 fully saturated rings. The second kappa shape index (κ2) is 9.03. The Labute approximate surface area is 169 Å². The van der Waals surface area contributed by atoms with Crippen LogP contribution in [-0.4, -0.2) is 32.1 Å². The number of anilines is 1. The Morgan fingerprint density at radius 3 is 2.22 bits per heavy atom. The molecule has 1 N–H and O–H groups in total. The molecule has 0 spiro atoms. The second-order valence-corrected chi connectivity index (χ2v) is 7.04. The predicted molar refractivity (Wildman–Crippen MR) is 106 cm³/mol. The third kappa shape index (κ3) is 4.68. The predicted octanol–water partition coefficient (Wildman–Crippen LogP) is 4.59. The van der Waals surface area contributed by atoms with Crippen molar-refractivity contribution in [1.82, 2.24) is 0 Å². The highest BCUT2D eigenvalue weighted by Crippen LogP contribution is 2.34. The lowest BCUT2D eigenvalue weighted by molar-refractivity contribution is -0.111. The van der Waals surface area contributed by atoms with Crippen molar-refractivity contribution < 1.29 is 23.9 Å². The lowest BCUT2D eigenvalue weighted by atomic mass is 10.1. The Morgan fingerprint density at radius 2 is 1.67 bits per heavy atom. The Morgan fingerprint density at radius 1 is 1.07 bits per heavy atom. The number of nitrogens with one attached hydrogen (secondary N) is 1. The normalized spacial score (nSPS) is 10.7. The third-order valence-corrected chi connectivity index (χ3v) is 5.39. The van der Waals surface area contributed by atoms with Crippen LogP contribution in [0.25, 0.3) is 6.08 Å². The number of hydrogen-bond donors (Lipinski definition) is 1.